The van der Waals surface area contributed by atoms with Crippen molar-refractivity contribution in [1.82, 2.24) is 9.55 Å². The molecule has 4 N–H and O–H groups in total. The number of methoxy groups -OCH3 is 2. The maximum Gasteiger partial charge on any atom is 0.300 e. The van der Waals surface area contributed by atoms with Crippen molar-refractivity contribution in [2.75, 3.05) is 19.5 Å². The number of hydrogen-bond acceptors (Lipinski definition) is 10. The van der Waals surface area contributed by atoms with Gasteiger partial charge in [-0.25, -0.2) is 0 Å². The van der Waals surface area contributed by atoms with E-state index in [4.69, 9.17) is 14.2 Å². The highest BCUT2D eigenvalue weighted by atomic mass is 16.7. The van der Waals surface area contributed by atoms with Gasteiger partial charge in [0.2, 0.25) is 0 Å². The van der Waals surface area contributed by atoms with Gasteiger partial charge in [0, 0.05) is 14.2 Å². The second-order valence-corrected chi connectivity index (χ2v) is 5.52. The maximum absolute atomic E-state index is 12.3. The fourth-order valence-corrected chi connectivity index (χ4v) is 2.48. The van der Waals surface area contributed by atoms with Gasteiger partial charge in [-0.3, -0.25) is 14.2 Å². The summed E-state index contributed by atoms with van der Waals surface area (Å²) in [5.74, 6) is -0.748. The minimum Gasteiger partial charge on any atom is -0.468 e. The molecule has 1 aromatic rings. The Hall–Kier alpha value is -2.05. The van der Waals surface area contributed by atoms with Gasteiger partial charge in [-0.15, -0.1) is 0 Å². The molecule has 0 aromatic carbocycles. The number of hydrogen-bond donors (Lipinski definition) is 4. The molecule has 0 bridgehead atoms. The topological polar surface area (TPSA) is 152 Å². The van der Waals surface area contributed by atoms with E-state index in [1.807, 2.05) is 0 Å². The third-order valence-corrected chi connectivity index (χ3v) is 3.87. The summed E-state index contributed by atoms with van der Waals surface area (Å²) in [7, 11) is 3.93. The van der Waals surface area contributed by atoms with Crippen molar-refractivity contribution in [3.8, 4) is 6.01 Å². The zero-order valence-electron chi connectivity index (χ0n) is 14.2. The minimum absolute atomic E-state index is 0.0772. The minimum atomic E-state index is -1.58. The van der Waals surface area contributed by atoms with Crippen LogP contribution in [0, 0.1) is 0 Å². The number of aliphatic hydroxyl groups excluding tert-OH is 3. The number of aliphatic hydroxyl groups is 3. The molecule has 0 saturated carbocycles. The summed E-state index contributed by atoms with van der Waals surface area (Å²) >= 11 is 0. The molecule has 5 atom stereocenters. The molecule has 1 saturated heterocycles. The lowest BCUT2D eigenvalue weighted by molar-refractivity contribution is -0.283. The van der Waals surface area contributed by atoms with E-state index in [9.17, 15) is 24.9 Å². The van der Waals surface area contributed by atoms with Gasteiger partial charge in [0.15, 0.2) is 18.3 Å². The normalized spacial score (nSPS) is 29.3. The molecule has 0 amide bonds. The van der Waals surface area contributed by atoms with E-state index in [-0.39, 0.29) is 17.4 Å². The van der Waals surface area contributed by atoms with E-state index in [1.165, 1.54) is 28.2 Å². The number of rotatable bonds is 5. The van der Waals surface area contributed by atoms with Crippen molar-refractivity contribution < 1.29 is 34.3 Å². The van der Waals surface area contributed by atoms with E-state index < -0.39 is 42.2 Å². The van der Waals surface area contributed by atoms with Crippen LogP contribution in [-0.4, -0.2) is 75.7 Å². The molecule has 11 nitrogen and oxygen atoms in total. The van der Waals surface area contributed by atoms with Crippen LogP contribution in [0.5, 0.6) is 6.01 Å². The standard InChI is InChI=1S/C14H21N3O8/c1-5(18)6-10(16-14(24-4)17(2)12(6)22)15-11-8(20)7(19)9(21)13(23-3)25-11/h7-9,11,13,15,19-21H,1-4H3/t7-,8+,9-,11-,13+/m0/s1. The number of carbonyl (C=O) groups is 1. The summed E-state index contributed by atoms with van der Waals surface area (Å²) in [6, 6.07) is -0.0772. The molecule has 1 aliphatic heterocycles. The smallest absolute Gasteiger partial charge is 0.300 e. The first-order valence-corrected chi connectivity index (χ1v) is 7.37. The van der Waals surface area contributed by atoms with E-state index in [2.05, 4.69) is 10.3 Å². The van der Waals surface area contributed by atoms with Gasteiger partial charge in [0.25, 0.3) is 5.56 Å². The highest BCUT2D eigenvalue weighted by Crippen LogP contribution is 2.24. The molecule has 0 spiro atoms. The molecule has 0 radical (unpaired) electrons. The van der Waals surface area contributed by atoms with Crippen LogP contribution in [-0.2, 0) is 16.5 Å². The lowest BCUT2D eigenvalue weighted by atomic mass is 10.0. The molecule has 0 unspecified atom stereocenters. The van der Waals surface area contributed by atoms with Crippen LogP contribution in [0.2, 0.25) is 0 Å². The van der Waals surface area contributed by atoms with Crippen molar-refractivity contribution in [2.45, 2.75) is 37.8 Å². The first kappa shape index (κ1) is 19.3. The summed E-state index contributed by atoms with van der Waals surface area (Å²) < 4.78 is 16.2. The third-order valence-electron chi connectivity index (χ3n) is 3.87. The van der Waals surface area contributed by atoms with Gasteiger partial charge in [-0.05, 0) is 6.92 Å². The first-order valence-electron chi connectivity index (χ1n) is 7.37. The summed E-state index contributed by atoms with van der Waals surface area (Å²) in [4.78, 5) is 28.2. The van der Waals surface area contributed by atoms with Gasteiger partial charge in [0.05, 0.1) is 7.11 Å². The maximum atomic E-state index is 12.3. The van der Waals surface area contributed by atoms with Gasteiger partial charge in [-0.1, -0.05) is 0 Å². The fourth-order valence-electron chi connectivity index (χ4n) is 2.48. The van der Waals surface area contributed by atoms with Crippen LogP contribution >= 0.6 is 0 Å². The van der Waals surface area contributed by atoms with Crippen LogP contribution < -0.4 is 15.6 Å². The Labute approximate surface area is 142 Å². The molecule has 25 heavy (non-hydrogen) atoms. The Morgan fingerprint density at radius 1 is 1.24 bits per heavy atom. The molecule has 1 aromatic heterocycles. The van der Waals surface area contributed by atoms with Crippen LogP contribution in [0.15, 0.2) is 4.79 Å². The van der Waals surface area contributed by atoms with Crippen molar-refractivity contribution in [2.24, 2.45) is 7.05 Å². The number of ether oxygens (including phenoxy) is 3. The van der Waals surface area contributed by atoms with Crippen LogP contribution in [0.4, 0.5) is 5.82 Å². The third kappa shape index (κ3) is 3.50. The zero-order valence-corrected chi connectivity index (χ0v) is 14.2. The van der Waals surface area contributed by atoms with Gasteiger partial charge < -0.3 is 34.8 Å². The number of nitrogens with one attached hydrogen (secondary N) is 1. The predicted octanol–water partition coefficient (Wildman–Crippen LogP) is -2.19. The lowest BCUT2D eigenvalue weighted by Crippen LogP contribution is -2.60. The largest absolute Gasteiger partial charge is 0.468 e. The molecule has 11 heteroatoms. The Morgan fingerprint density at radius 2 is 1.88 bits per heavy atom. The number of ketones is 1. The van der Waals surface area contributed by atoms with Crippen LogP contribution in [0.1, 0.15) is 17.3 Å². The highest BCUT2D eigenvalue weighted by Gasteiger charge is 2.44. The SMILES string of the molecule is COc1nc(N[C@H]2O[C@@H](OC)[C@@H](O)[C@@H](O)[C@H]2O)c(C(C)=O)c(=O)n1C. The molecular weight excluding hydrogens is 338 g/mol. The lowest BCUT2D eigenvalue weighted by Gasteiger charge is -2.40. The van der Waals surface area contributed by atoms with E-state index >= 15 is 0 Å². The fraction of sp³-hybridized carbons (Fsp3) is 0.643. The Morgan fingerprint density at radius 3 is 2.40 bits per heavy atom. The van der Waals surface area contributed by atoms with Crippen molar-refractivity contribution >= 4 is 11.6 Å². The molecule has 1 fully saturated rings. The summed E-state index contributed by atoms with van der Waals surface area (Å²) in [6.07, 6.45) is -7.16. The number of anilines is 1. The van der Waals surface area contributed by atoms with Crippen molar-refractivity contribution in [1.29, 1.82) is 0 Å². The Balaban J connectivity index is 2.43. The number of nitrogens with zero attached hydrogens (tertiary/aromatic N) is 2. The van der Waals surface area contributed by atoms with Gasteiger partial charge in [0.1, 0.15) is 29.7 Å². The predicted molar refractivity (Wildman–Crippen MR) is 83.3 cm³/mol. The number of aromatic nitrogens is 2. The Bertz CT molecular complexity index is 704. The number of Topliss-reactive ketones (excluding diaryl/α,β-unsaturated/α-hetero) is 1. The molecule has 0 aliphatic carbocycles. The highest BCUT2D eigenvalue weighted by molar-refractivity contribution is 5.98. The average molecular weight is 359 g/mol. The molecule has 2 heterocycles. The quantitative estimate of drug-likeness (QED) is 0.427. The first-order chi connectivity index (χ1) is 11.7. The zero-order chi connectivity index (χ0) is 18.9. The van der Waals surface area contributed by atoms with E-state index in [0.29, 0.717) is 0 Å². The molecule has 140 valence electrons. The monoisotopic (exact) mass is 359 g/mol. The van der Waals surface area contributed by atoms with E-state index in [1.54, 1.807) is 0 Å². The van der Waals surface area contributed by atoms with Crippen LogP contribution in [0.3, 0.4) is 0 Å². The molecule has 1 aliphatic rings. The second kappa shape index (κ2) is 7.45. The van der Waals surface area contributed by atoms with Crippen LogP contribution in [0.25, 0.3) is 0 Å². The molecular formula is C14H21N3O8. The number of carbonyl (C=O) groups excluding carboxylic acids is 1. The van der Waals surface area contributed by atoms with Gasteiger partial charge >= 0.3 is 6.01 Å². The second-order valence-electron chi connectivity index (χ2n) is 5.52. The van der Waals surface area contributed by atoms with Gasteiger partial charge in [-0.2, -0.15) is 4.98 Å². The average Bonchev–Trinajstić information content (AvgIpc) is 2.57. The summed E-state index contributed by atoms with van der Waals surface area (Å²) in [5.41, 5.74) is -0.926. The van der Waals surface area contributed by atoms with Crippen molar-refractivity contribution in [3.05, 3.63) is 15.9 Å². The molecule has 2 rings (SSSR count). The summed E-state index contributed by atoms with van der Waals surface area (Å²) in [5, 5.41) is 32.3. The van der Waals surface area contributed by atoms with Crippen molar-refractivity contribution in [3.63, 3.8) is 0 Å². The van der Waals surface area contributed by atoms with E-state index in [0.717, 1.165) is 4.57 Å². The summed E-state index contributed by atoms with van der Waals surface area (Å²) in [6.45, 7) is 1.19. The Kier molecular flexibility index (Phi) is 5.75.